The fourth-order valence-electron chi connectivity index (χ4n) is 0.953. The van der Waals surface area contributed by atoms with E-state index in [1.54, 1.807) is 0 Å². The lowest BCUT2D eigenvalue weighted by atomic mass is 10.2. The van der Waals surface area contributed by atoms with Gasteiger partial charge >= 0.3 is 0 Å². The van der Waals surface area contributed by atoms with E-state index in [-0.39, 0.29) is 5.88 Å². The molecule has 1 N–H and O–H groups in total. The average molecular weight is 200 g/mol. The van der Waals surface area contributed by atoms with Crippen LogP contribution < -0.4 is 10.2 Å². The Hall–Kier alpha value is -1.90. The maximum Gasteiger partial charge on any atom is 0.269 e. The van der Waals surface area contributed by atoms with Crippen molar-refractivity contribution in [3.8, 4) is 11.9 Å². The molecular formula is C8H6F2N2O2. The van der Waals surface area contributed by atoms with Gasteiger partial charge in [-0.2, -0.15) is 5.26 Å². The van der Waals surface area contributed by atoms with E-state index in [9.17, 15) is 13.6 Å². The monoisotopic (exact) mass is 200 g/mol. The molecule has 1 heterocycles. The molecule has 0 aromatic carbocycles. The van der Waals surface area contributed by atoms with Gasteiger partial charge in [0.2, 0.25) is 11.3 Å². The first kappa shape index (κ1) is 10.2. The summed E-state index contributed by atoms with van der Waals surface area (Å²) in [7, 11) is 1.23. The van der Waals surface area contributed by atoms with E-state index in [1.165, 1.54) is 13.2 Å². The van der Waals surface area contributed by atoms with Crippen molar-refractivity contribution in [1.82, 2.24) is 4.98 Å². The molecule has 0 unspecified atom stereocenters. The molecular weight excluding hydrogens is 194 g/mol. The number of methoxy groups -OCH3 is 1. The highest BCUT2D eigenvalue weighted by Crippen LogP contribution is 2.17. The molecule has 0 aliphatic rings. The lowest BCUT2D eigenvalue weighted by Crippen LogP contribution is -2.15. The van der Waals surface area contributed by atoms with Gasteiger partial charge in [-0.1, -0.05) is 0 Å². The number of nitriles is 1. The van der Waals surface area contributed by atoms with Gasteiger partial charge in [0.15, 0.2) is 5.56 Å². The van der Waals surface area contributed by atoms with Gasteiger partial charge in [0.25, 0.3) is 6.43 Å². The van der Waals surface area contributed by atoms with Gasteiger partial charge in [0.1, 0.15) is 6.07 Å². The summed E-state index contributed by atoms with van der Waals surface area (Å²) in [6.45, 7) is 0. The van der Waals surface area contributed by atoms with Gasteiger partial charge in [-0.05, 0) is 0 Å². The number of nitrogens with zero attached hydrogens (tertiary/aromatic N) is 1. The zero-order chi connectivity index (χ0) is 10.7. The number of pyridine rings is 1. The number of alkyl halides is 2. The Labute approximate surface area is 77.7 Å². The van der Waals surface area contributed by atoms with Crippen LogP contribution in [0.25, 0.3) is 0 Å². The summed E-state index contributed by atoms with van der Waals surface area (Å²) in [4.78, 5) is 13.5. The maximum atomic E-state index is 12.2. The van der Waals surface area contributed by atoms with Crippen molar-refractivity contribution in [2.24, 2.45) is 0 Å². The average Bonchev–Trinajstić information content (AvgIpc) is 2.16. The summed E-state index contributed by atoms with van der Waals surface area (Å²) in [5.74, 6) is -0.109. The van der Waals surface area contributed by atoms with E-state index < -0.39 is 23.0 Å². The van der Waals surface area contributed by atoms with Gasteiger partial charge in [-0.15, -0.1) is 0 Å². The second-order valence-electron chi connectivity index (χ2n) is 2.39. The SMILES string of the molecule is COc1[nH]cc(C(F)F)c(=O)c1C#N. The number of aromatic nitrogens is 1. The molecule has 0 fully saturated rings. The van der Waals surface area contributed by atoms with E-state index in [2.05, 4.69) is 9.72 Å². The van der Waals surface area contributed by atoms with Crippen LogP contribution in [-0.4, -0.2) is 12.1 Å². The number of H-pyrrole nitrogens is 1. The van der Waals surface area contributed by atoms with Gasteiger partial charge in [0.05, 0.1) is 12.7 Å². The number of ether oxygens (including phenoxy) is 1. The summed E-state index contributed by atoms with van der Waals surface area (Å²) < 4.78 is 29.0. The van der Waals surface area contributed by atoms with E-state index in [0.29, 0.717) is 0 Å². The number of nitrogens with one attached hydrogen (secondary N) is 1. The Morgan fingerprint density at radius 2 is 2.29 bits per heavy atom. The topological polar surface area (TPSA) is 65.9 Å². The number of rotatable bonds is 2. The molecule has 1 rings (SSSR count). The highest BCUT2D eigenvalue weighted by Gasteiger charge is 2.17. The lowest BCUT2D eigenvalue weighted by molar-refractivity contribution is 0.149. The second-order valence-corrected chi connectivity index (χ2v) is 2.39. The van der Waals surface area contributed by atoms with E-state index >= 15 is 0 Å². The van der Waals surface area contributed by atoms with Gasteiger partial charge < -0.3 is 9.72 Å². The molecule has 74 valence electrons. The zero-order valence-electron chi connectivity index (χ0n) is 7.17. The van der Waals surface area contributed by atoms with Crippen molar-refractivity contribution < 1.29 is 13.5 Å². The molecule has 1 aromatic rings. The van der Waals surface area contributed by atoms with Crippen molar-refractivity contribution in [2.45, 2.75) is 6.43 Å². The van der Waals surface area contributed by atoms with Gasteiger partial charge in [0, 0.05) is 6.20 Å². The number of aromatic amines is 1. The summed E-state index contributed by atoms with van der Waals surface area (Å²) in [6.07, 6.45) is -2.07. The standard InChI is InChI=1S/C8H6F2N2O2/c1-14-8-4(2-11)6(13)5(3-12-8)7(9)10/h3,7H,1H3,(H,12,13). The van der Waals surface area contributed by atoms with Crippen molar-refractivity contribution >= 4 is 0 Å². The second kappa shape index (κ2) is 3.87. The third kappa shape index (κ3) is 1.57. The Balaban J connectivity index is 3.45. The van der Waals surface area contributed by atoms with Crippen LogP contribution in [0.4, 0.5) is 8.78 Å². The lowest BCUT2D eigenvalue weighted by Gasteiger charge is -2.03. The van der Waals surface area contributed by atoms with E-state index in [0.717, 1.165) is 6.20 Å². The van der Waals surface area contributed by atoms with Gasteiger partial charge in [-0.3, -0.25) is 4.79 Å². The predicted octanol–water partition coefficient (Wildman–Crippen LogP) is 1.19. The molecule has 1 aromatic heterocycles. The van der Waals surface area contributed by atoms with Crippen LogP contribution in [0.15, 0.2) is 11.0 Å². The molecule has 14 heavy (non-hydrogen) atoms. The summed E-state index contributed by atoms with van der Waals surface area (Å²) in [5.41, 5.74) is -2.18. The van der Waals surface area contributed by atoms with Crippen LogP contribution in [-0.2, 0) is 0 Å². The van der Waals surface area contributed by atoms with Crippen molar-refractivity contribution in [3.05, 3.63) is 27.5 Å². The minimum absolute atomic E-state index is 0.109. The molecule has 0 saturated heterocycles. The molecule has 0 aliphatic carbocycles. The number of hydrogen-bond donors (Lipinski definition) is 1. The Morgan fingerprint density at radius 3 is 2.71 bits per heavy atom. The molecule has 0 amide bonds. The van der Waals surface area contributed by atoms with Crippen molar-refractivity contribution in [2.75, 3.05) is 7.11 Å². The minimum Gasteiger partial charge on any atom is -0.481 e. The Bertz CT molecular complexity index is 434. The molecule has 4 nitrogen and oxygen atoms in total. The smallest absolute Gasteiger partial charge is 0.269 e. The summed E-state index contributed by atoms with van der Waals surface area (Å²) in [5, 5.41) is 8.54. The third-order valence-electron chi connectivity index (χ3n) is 1.63. The van der Waals surface area contributed by atoms with Crippen LogP contribution in [0.3, 0.4) is 0 Å². The fraction of sp³-hybridized carbons (Fsp3) is 0.250. The Morgan fingerprint density at radius 1 is 1.64 bits per heavy atom. The number of hydrogen-bond acceptors (Lipinski definition) is 3. The van der Waals surface area contributed by atoms with Crippen LogP contribution in [0.5, 0.6) is 5.88 Å². The first-order valence-corrected chi connectivity index (χ1v) is 3.59. The summed E-state index contributed by atoms with van der Waals surface area (Å²) in [6, 6.07) is 1.51. The van der Waals surface area contributed by atoms with E-state index in [1.807, 2.05) is 0 Å². The Kier molecular flexibility index (Phi) is 2.82. The fourth-order valence-corrected chi connectivity index (χ4v) is 0.953. The minimum atomic E-state index is -2.91. The zero-order valence-corrected chi connectivity index (χ0v) is 7.17. The highest BCUT2D eigenvalue weighted by atomic mass is 19.3. The van der Waals surface area contributed by atoms with Gasteiger partial charge in [-0.25, -0.2) is 8.78 Å². The summed E-state index contributed by atoms with van der Waals surface area (Å²) >= 11 is 0. The van der Waals surface area contributed by atoms with Crippen LogP contribution >= 0.6 is 0 Å². The predicted molar refractivity (Wildman–Crippen MR) is 43.3 cm³/mol. The largest absolute Gasteiger partial charge is 0.481 e. The maximum absolute atomic E-state index is 12.2. The molecule has 0 atom stereocenters. The van der Waals surface area contributed by atoms with Crippen molar-refractivity contribution in [3.63, 3.8) is 0 Å². The molecule has 0 spiro atoms. The number of halogens is 2. The molecule has 0 aliphatic heterocycles. The first-order valence-electron chi connectivity index (χ1n) is 3.59. The quantitative estimate of drug-likeness (QED) is 0.779. The highest BCUT2D eigenvalue weighted by molar-refractivity contribution is 5.40. The first-order chi connectivity index (χ1) is 6.61. The normalized spacial score (nSPS) is 9.93. The molecule has 0 bridgehead atoms. The van der Waals surface area contributed by atoms with Crippen molar-refractivity contribution in [1.29, 1.82) is 5.26 Å². The van der Waals surface area contributed by atoms with Crippen LogP contribution in [0, 0.1) is 11.3 Å². The molecule has 0 saturated carbocycles. The van der Waals surface area contributed by atoms with E-state index in [4.69, 9.17) is 5.26 Å². The molecule has 6 heteroatoms. The molecule has 0 radical (unpaired) electrons. The van der Waals surface area contributed by atoms with Crippen LogP contribution in [0.1, 0.15) is 17.6 Å². The van der Waals surface area contributed by atoms with Crippen LogP contribution in [0.2, 0.25) is 0 Å². The third-order valence-corrected chi connectivity index (χ3v) is 1.63.